The second kappa shape index (κ2) is 4.73. The topological polar surface area (TPSA) is 20.2 Å². The van der Waals surface area contributed by atoms with Crippen LogP contribution in [0, 0.1) is 22.7 Å². The molecular formula is C19H25ClO. The first-order valence-electron chi connectivity index (χ1n) is 8.39. The van der Waals surface area contributed by atoms with Gasteiger partial charge in [-0.1, -0.05) is 30.7 Å². The molecule has 1 aromatic carbocycles. The second-order valence-corrected chi connectivity index (χ2v) is 8.92. The van der Waals surface area contributed by atoms with Gasteiger partial charge in [0, 0.05) is 5.02 Å². The highest BCUT2D eigenvalue weighted by Gasteiger charge is 2.57. The fourth-order valence-corrected chi connectivity index (χ4v) is 6.50. The van der Waals surface area contributed by atoms with Gasteiger partial charge in [-0.05, 0) is 85.3 Å². The van der Waals surface area contributed by atoms with Crippen molar-refractivity contribution in [1.82, 2.24) is 0 Å². The number of aliphatic hydroxyl groups excluding tert-OH is 1. The molecule has 1 N–H and O–H groups in total. The molecular weight excluding hydrogens is 280 g/mol. The highest BCUT2D eigenvalue weighted by Crippen LogP contribution is 2.66. The van der Waals surface area contributed by atoms with E-state index in [2.05, 4.69) is 13.0 Å². The summed E-state index contributed by atoms with van der Waals surface area (Å²) in [6.07, 6.45) is 8.50. The van der Waals surface area contributed by atoms with Crippen molar-refractivity contribution < 1.29 is 5.11 Å². The molecule has 0 amide bonds. The number of halogens is 1. The Balaban J connectivity index is 1.57. The summed E-state index contributed by atoms with van der Waals surface area (Å²) in [5.74, 6) is 1.73. The third kappa shape index (κ3) is 2.43. The summed E-state index contributed by atoms with van der Waals surface area (Å²) in [6, 6.07) is 8.00. The minimum atomic E-state index is -0.207. The van der Waals surface area contributed by atoms with Crippen molar-refractivity contribution in [1.29, 1.82) is 0 Å². The summed E-state index contributed by atoms with van der Waals surface area (Å²) in [6.45, 7) is 2.46. The molecule has 5 rings (SSSR count). The molecule has 1 aromatic rings. The summed E-state index contributed by atoms with van der Waals surface area (Å²) in [5, 5.41) is 11.8. The average Bonchev–Trinajstić information content (AvgIpc) is 2.35. The maximum absolute atomic E-state index is 11.0. The van der Waals surface area contributed by atoms with Crippen LogP contribution in [0.25, 0.3) is 0 Å². The molecule has 1 nitrogen and oxygen atoms in total. The van der Waals surface area contributed by atoms with Crippen LogP contribution in [-0.2, 0) is 6.42 Å². The lowest BCUT2D eigenvalue weighted by Gasteiger charge is -2.62. The molecule has 4 fully saturated rings. The van der Waals surface area contributed by atoms with Crippen LogP contribution in [-0.4, -0.2) is 11.2 Å². The molecule has 4 bridgehead atoms. The summed E-state index contributed by atoms with van der Waals surface area (Å²) in [5.41, 5.74) is 1.86. The van der Waals surface area contributed by atoms with Gasteiger partial charge in [-0.3, -0.25) is 0 Å². The van der Waals surface area contributed by atoms with E-state index in [0.717, 1.165) is 23.3 Å². The van der Waals surface area contributed by atoms with Crippen LogP contribution in [0.5, 0.6) is 0 Å². The normalized spacial score (nSPS) is 42.2. The molecule has 0 radical (unpaired) electrons. The SMILES string of the molecule is CC12CC3CC(C1)CC(C(O)Cc1cccc(Cl)c1)(C3)C2. The van der Waals surface area contributed by atoms with Gasteiger partial charge in [0.1, 0.15) is 0 Å². The van der Waals surface area contributed by atoms with Crippen LogP contribution in [0.3, 0.4) is 0 Å². The molecule has 0 heterocycles. The van der Waals surface area contributed by atoms with Gasteiger partial charge in [0.2, 0.25) is 0 Å². The van der Waals surface area contributed by atoms with E-state index in [9.17, 15) is 5.11 Å². The monoisotopic (exact) mass is 304 g/mol. The lowest BCUT2D eigenvalue weighted by Crippen LogP contribution is -2.55. The number of hydrogen-bond donors (Lipinski definition) is 1. The molecule has 3 atom stereocenters. The number of rotatable bonds is 3. The number of benzene rings is 1. The number of aliphatic hydroxyl groups is 1. The Morgan fingerprint density at radius 3 is 2.57 bits per heavy atom. The maximum atomic E-state index is 11.0. The molecule has 0 saturated heterocycles. The van der Waals surface area contributed by atoms with Crippen LogP contribution in [0.15, 0.2) is 24.3 Å². The fourth-order valence-electron chi connectivity index (χ4n) is 6.29. The van der Waals surface area contributed by atoms with E-state index in [1.54, 1.807) is 0 Å². The first-order valence-corrected chi connectivity index (χ1v) is 8.77. The van der Waals surface area contributed by atoms with E-state index in [0.29, 0.717) is 5.41 Å². The molecule has 0 spiro atoms. The number of hydrogen-bond acceptors (Lipinski definition) is 1. The van der Waals surface area contributed by atoms with E-state index < -0.39 is 0 Å². The van der Waals surface area contributed by atoms with Gasteiger partial charge in [-0.15, -0.1) is 0 Å². The van der Waals surface area contributed by atoms with Crippen LogP contribution in [0.4, 0.5) is 0 Å². The zero-order valence-corrected chi connectivity index (χ0v) is 13.6. The Morgan fingerprint density at radius 1 is 1.24 bits per heavy atom. The van der Waals surface area contributed by atoms with E-state index in [1.165, 1.54) is 44.1 Å². The van der Waals surface area contributed by atoms with Crippen molar-refractivity contribution in [2.45, 2.75) is 58.0 Å². The van der Waals surface area contributed by atoms with Gasteiger partial charge < -0.3 is 5.11 Å². The fraction of sp³-hybridized carbons (Fsp3) is 0.684. The Kier molecular flexibility index (Phi) is 3.17. The highest BCUT2D eigenvalue weighted by molar-refractivity contribution is 6.30. The zero-order chi connectivity index (χ0) is 14.7. The van der Waals surface area contributed by atoms with E-state index >= 15 is 0 Å². The molecule has 4 aliphatic rings. The van der Waals surface area contributed by atoms with Crippen molar-refractivity contribution in [3.05, 3.63) is 34.9 Å². The molecule has 2 heteroatoms. The van der Waals surface area contributed by atoms with Crippen LogP contribution < -0.4 is 0 Å². The van der Waals surface area contributed by atoms with Gasteiger partial charge in [-0.2, -0.15) is 0 Å². The summed E-state index contributed by atoms with van der Waals surface area (Å²) < 4.78 is 0. The zero-order valence-electron chi connectivity index (χ0n) is 12.8. The van der Waals surface area contributed by atoms with Crippen molar-refractivity contribution >= 4 is 11.6 Å². The average molecular weight is 305 g/mol. The van der Waals surface area contributed by atoms with Crippen molar-refractivity contribution in [2.75, 3.05) is 0 Å². The van der Waals surface area contributed by atoms with Crippen LogP contribution >= 0.6 is 11.6 Å². The minimum Gasteiger partial charge on any atom is -0.392 e. The van der Waals surface area contributed by atoms with Crippen LogP contribution in [0.1, 0.15) is 51.0 Å². The molecule has 0 aromatic heterocycles. The Hall–Kier alpha value is -0.530. The lowest BCUT2D eigenvalue weighted by atomic mass is 9.43. The minimum absolute atomic E-state index is 0.182. The maximum Gasteiger partial charge on any atom is 0.0637 e. The lowest BCUT2D eigenvalue weighted by molar-refractivity contribution is -0.152. The predicted molar refractivity (Wildman–Crippen MR) is 86.4 cm³/mol. The molecule has 3 unspecified atom stereocenters. The van der Waals surface area contributed by atoms with Gasteiger partial charge in [-0.25, -0.2) is 0 Å². The molecule has 4 saturated carbocycles. The van der Waals surface area contributed by atoms with Gasteiger partial charge >= 0.3 is 0 Å². The predicted octanol–water partition coefficient (Wildman–Crippen LogP) is 4.85. The van der Waals surface area contributed by atoms with Gasteiger partial charge in [0.15, 0.2) is 0 Å². The third-order valence-corrected chi connectivity index (χ3v) is 6.66. The Morgan fingerprint density at radius 2 is 1.95 bits per heavy atom. The standard InChI is InChI=1S/C19H25ClO/c1-18-8-14-5-15(9-18)11-19(10-14,12-18)17(21)7-13-3-2-4-16(20)6-13/h2-4,6,14-15,17,21H,5,7-12H2,1H3. The van der Waals surface area contributed by atoms with Crippen molar-refractivity contribution in [3.8, 4) is 0 Å². The summed E-state index contributed by atoms with van der Waals surface area (Å²) in [4.78, 5) is 0. The molecule has 21 heavy (non-hydrogen) atoms. The molecule has 0 aliphatic heterocycles. The summed E-state index contributed by atoms with van der Waals surface area (Å²) >= 11 is 6.09. The first kappa shape index (κ1) is 14.1. The molecule has 114 valence electrons. The first-order chi connectivity index (χ1) is 9.96. The second-order valence-electron chi connectivity index (χ2n) is 8.48. The van der Waals surface area contributed by atoms with Crippen molar-refractivity contribution in [3.63, 3.8) is 0 Å². The van der Waals surface area contributed by atoms with E-state index in [1.807, 2.05) is 18.2 Å². The third-order valence-electron chi connectivity index (χ3n) is 6.42. The smallest absolute Gasteiger partial charge is 0.0637 e. The van der Waals surface area contributed by atoms with Crippen LogP contribution in [0.2, 0.25) is 5.02 Å². The highest BCUT2D eigenvalue weighted by atomic mass is 35.5. The van der Waals surface area contributed by atoms with Gasteiger partial charge in [0.25, 0.3) is 0 Å². The molecule has 4 aliphatic carbocycles. The summed E-state index contributed by atoms with van der Waals surface area (Å²) in [7, 11) is 0. The van der Waals surface area contributed by atoms with E-state index in [4.69, 9.17) is 11.6 Å². The Bertz CT molecular complexity index is 538. The van der Waals surface area contributed by atoms with E-state index in [-0.39, 0.29) is 11.5 Å². The van der Waals surface area contributed by atoms with Crippen molar-refractivity contribution in [2.24, 2.45) is 22.7 Å². The largest absolute Gasteiger partial charge is 0.392 e. The quantitative estimate of drug-likeness (QED) is 0.846. The van der Waals surface area contributed by atoms with Gasteiger partial charge in [0.05, 0.1) is 6.10 Å². The Labute approximate surface area is 132 Å².